The van der Waals surface area contributed by atoms with Crippen LogP contribution in [0.4, 0.5) is 0 Å². The molecule has 1 N–H and O–H groups in total. The molecule has 0 aliphatic rings. The summed E-state index contributed by atoms with van der Waals surface area (Å²) < 4.78 is 5.21. The van der Waals surface area contributed by atoms with E-state index in [4.69, 9.17) is 16.3 Å². The van der Waals surface area contributed by atoms with E-state index < -0.39 is 0 Å². The van der Waals surface area contributed by atoms with Gasteiger partial charge in [-0.1, -0.05) is 45.7 Å². The maximum absolute atomic E-state index is 11.8. The zero-order valence-electron chi connectivity index (χ0n) is 11.0. The molecule has 0 heterocycles. The number of nitrogens with one attached hydrogen (secondary N) is 1. The fourth-order valence-corrected chi connectivity index (χ4v) is 2.31. The molecular formula is C14H19BrClNO2. The van der Waals surface area contributed by atoms with Crippen molar-refractivity contribution in [2.75, 3.05) is 19.8 Å². The zero-order chi connectivity index (χ0) is 14.1. The Kier molecular flexibility index (Phi) is 8.10. The third-order valence-electron chi connectivity index (χ3n) is 2.61. The quantitative estimate of drug-likeness (QED) is 0.579. The maximum atomic E-state index is 11.8. The molecule has 0 bridgehead atoms. The molecule has 1 rings (SSSR count). The molecule has 106 valence electrons. The molecule has 5 heteroatoms. The predicted octanol–water partition coefficient (Wildman–Crippen LogP) is 3.19. The van der Waals surface area contributed by atoms with Crippen molar-refractivity contribution >= 4 is 33.4 Å². The van der Waals surface area contributed by atoms with Crippen LogP contribution >= 0.6 is 27.5 Å². The van der Waals surface area contributed by atoms with Crippen LogP contribution in [0.15, 0.2) is 24.3 Å². The summed E-state index contributed by atoms with van der Waals surface area (Å²) in [4.78, 5) is 11.6. The number of carbonyl (C=O) groups is 1. The van der Waals surface area contributed by atoms with Crippen molar-refractivity contribution in [2.24, 2.45) is 0 Å². The lowest BCUT2D eigenvalue weighted by Gasteiger charge is -2.11. The molecule has 1 aromatic carbocycles. The fraction of sp³-hybridized carbons (Fsp3) is 0.500. The van der Waals surface area contributed by atoms with Crippen LogP contribution in [-0.4, -0.2) is 30.5 Å². The Labute approximate surface area is 127 Å². The standard InChI is InChI=1S/C14H19BrClNO2/c1-2-19-9-5-8-17-14(18)12(15)10-11-6-3-4-7-13(11)16/h3-4,6-7,12H,2,5,8-10H2,1H3,(H,17,18). The van der Waals surface area contributed by atoms with E-state index in [1.54, 1.807) is 0 Å². The Balaban J connectivity index is 2.31. The largest absolute Gasteiger partial charge is 0.382 e. The van der Waals surface area contributed by atoms with Crippen molar-refractivity contribution < 1.29 is 9.53 Å². The van der Waals surface area contributed by atoms with Gasteiger partial charge in [-0.2, -0.15) is 0 Å². The smallest absolute Gasteiger partial charge is 0.234 e. The van der Waals surface area contributed by atoms with E-state index in [9.17, 15) is 4.79 Å². The van der Waals surface area contributed by atoms with Gasteiger partial charge < -0.3 is 10.1 Å². The first-order valence-corrected chi connectivity index (χ1v) is 7.67. The number of ether oxygens (including phenoxy) is 1. The minimum Gasteiger partial charge on any atom is -0.382 e. The van der Waals surface area contributed by atoms with Crippen molar-refractivity contribution in [2.45, 2.75) is 24.6 Å². The maximum Gasteiger partial charge on any atom is 0.234 e. The lowest BCUT2D eigenvalue weighted by atomic mass is 10.1. The Hall–Kier alpha value is -0.580. The first kappa shape index (κ1) is 16.5. The van der Waals surface area contributed by atoms with E-state index in [0.717, 1.165) is 12.0 Å². The molecule has 1 amide bonds. The van der Waals surface area contributed by atoms with Crippen LogP contribution < -0.4 is 5.32 Å². The van der Waals surface area contributed by atoms with E-state index in [-0.39, 0.29) is 10.7 Å². The highest BCUT2D eigenvalue weighted by molar-refractivity contribution is 9.10. The summed E-state index contributed by atoms with van der Waals surface area (Å²) >= 11 is 9.46. The van der Waals surface area contributed by atoms with Crippen molar-refractivity contribution in [3.63, 3.8) is 0 Å². The molecule has 0 aliphatic carbocycles. The number of alkyl halides is 1. The Bertz CT molecular complexity index is 401. The summed E-state index contributed by atoms with van der Waals surface area (Å²) in [6.45, 7) is 3.97. The van der Waals surface area contributed by atoms with Crippen molar-refractivity contribution in [3.8, 4) is 0 Å². The van der Waals surface area contributed by atoms with Crippen molar-refractivity contribution in [1.29, 1.82) is 0 Å². The van der Waals surface area contributed by atoms with Gasteiger partial charge in [-0.05, 0) is 31.4 Å². The van der Waals surface area contributed by atoms with Gasteiger partial charge in [-0.15, -0.1) is 0 Å². The van der Waals surface area contributed by atoms with Crippen LogP contribution in [-0.2, 0) is 16.0 Å². The van der Waals surface area contributed by atoms with E-state index in [2.05, 4.69) is 21.2 Å². The van der Waals surface area contributed by atoms with Gasteiger partial charge in [0.05, 0.1) is 4.83 Å². The van der Waals surface area contributed by atoms with E-state index in [0.29, 0.717) is 31.2 Å². The molecule has 0 saturated carbocycles. The van der Waals surface area contributed by atoms with Crippen LogP contribution in [0.2, 0.25) is 5.02 Å². The molecule has 3 nitrogen and oxygen atoms in total. The van der Waals surface area contributed by atoms with Gasteiger partial charge in [-0.3, -0.25) is 4.79 Å². The Morgan fingerprint density at radius 2 is 2.21 bits per heavy atom. The average molecular weight is 349 g/mol. The number of benzene rings is 1. The number of amides is 1. The van der Waals surface area contributed by atoms with E-state index in [1.165, 1.54) is 0 Å². The van der Waals surface area contributed by atoms with Gasteiger partial charge in [0.1, 0.15) is 0 Å². The number of hydrogen-bond donors (Lipinski definition) is 1. The summed E-state index contributed by atoms with van der Waals surface area (Å²) in [6.07, 6.45) is 1.41. The second kappa shape index (κ2) is 9.34. The third kappa shape index (κ3) is 6.41. The zero-order valence-corrected chi connectivity index (χ0v) is 13.3. The van der Waals surface area contributed by atoms with Crippen LogP contribution in [0.1, 0.15) is 18.9 Å². The van der Waals surface area contributed by atoms with Gasteiger partial charge in [0, 0.05) is 24.8 Å². The minimum absolute atomic E-state index is 0.0172. The molecular weight excluding hydrogens is 330 g/mol. The minimum atomic E-state index is -0.264. The van der Waals surface area contributed by atoms with Gasteiger partial charge in [0.25, 0.3) is 0 Å². The topological polar surface area (TPSA) is 38.3 Å². The molecule has 0 spiro atoms. The summed E-state index contributed by atoms with van der Waals surface area (Å²) in [5.74, 6) is -0.0172. The Morgan fingerprint density at radius 1 is 1.47 bits per heavy atom. The molecule has 1 atom stereocenters. The second-order valence-electron chi connectivity index (χ2n) is 4.10. The first-order valence-electron chi connectivity index (χ1n) is 6.38. The monoisotopic (exact) mass is 347 g/mol. The fourth-order valence-electron chi connectivity index (χ4n) is 1.59. The van der Waals surface area contributed by atoms with Crippen molar-refractivity contribution in [3.05, 3.63) is 34.9 Å². The van der Waals surface area contributed by atoms with Crippen LogP contribution in [0.5, 0.6) is 0 Å². The van der Waals surface area contributed by atoms with Crippen LogP contribution in [0, 0.1) is 0 Å². The predicted molar refractivity (Wildman–Crippen MR) is 82.0 cm³/mol. The SMILES string of the molecule is CCOCCCNC(=O)C(Br)Cc1ccccc1Cl. The van der Waals surface area contributed by atoms with Gasteiger partial charge >= 0.3 is 0 Å². The highest BCUT2D eigenvalue weighted by Crippen LogP contribution is 2.19. The van der Waals surface area contributed by atoms with E-state index >= 15 is 0 Å². The third-order valence-corrected chi connectivity index (χ3v) is 3.72. The summed E-state index contributed by atoms with van der Waals surface area (Å²) in [5, 5.41) is 3.56. The van der Waals surface area contributed by atoms with Crippen LogP contribution in [0.25, 0.3) is 0 Å². The molecule has 0 radical (unpaired) electrons. The number of carbonyl (C=O) groups excluding carboxylic acids is 1. The normalized spacial score (nSPS) is 12.2. The Morgan fingerprint density at radius 3 is 2.89 bits per heavy atom. The first-order chi connectivity index (χ1) is 9.15. The number of halogens is 2. The summed E-state index contributed by atoms with van der Waals surface area (Å²) in [7, 11) is 0. The molecule has 0 saturated heterocycles. The lowest BCUT2D eigenvalue weighted by Crippen LogP contribution is -2.33. The molecule has 0 fully saturated rings. The van der Waals surface area contributed by atoms with E-state index in [1.807, 2.05) is 31.2 Å². The molecule has 0 aliphatic heterocycles. The van der Waals surface area contributed by atoms with Gasteiger partial charge in [-0.25, -0.2) is 0 Å². The number of rotatable bonds is 8. The molecule has 1 aromatic rings. The van der Waals surface area contributed by atoms with Gasteiger partial charge in [0.2, 0.25) is 5.91 Å². The highest BCUT2D eigenvalue weighted by Gasteiger charge is 2.15. The molecule has 19 heavy (non-hydrogen) atoms. The lowest BCUT2D eigenvalue weighted by molar-refractivity contribution is -0.120. The second-order valence-corrected chi connectivity index (χ2v) is 5.62. The summed E-state index contributed by atoms with van der Waals surface area (Å²) in [6, 6.07) is 7.55. The highest BCUT2D eigenvalue weighted by atomic mass is 79.9. The van der Waals surface area contributed by atoms with Crippen molar-refractivity contribution in [1.82, 2.24) is 5.32 Å². The molecule has 1 unspecified atom stereocenters. The molecule has 0 aromatic heterocycles. The average Bonchev–Trinajstić information content (AvgIpc) is 2.41. The summed E-state index contributed by atoms with van der Waals surface area (Å²) in [5.41, 5.74) is 0.968. The number of hydrogen-bond acceptors (Lipinski definition) is 2. The van der Waals surface area contributed by atoms with Crippen LogP contribution in [0.3, 0.4) is 0 Å². The van der Waals surface area contributed by atoms with Gasteiger partial charge in [0.15, 0.2) is 0 Å².